The molecule has 1 rings (SSSR count). The summed E-state index contributed by atoms with van der Waals surface area (Å²) in [7, 11) is 0. The van der Waals surface area contributed by atoms with E-state index < -0.39 is 40.0 Å². The number of phenols is 1. The van der Waals surface area contributed by atoms with Crippen LogP contribution in [0.4, 0.5) is 26.3 Å². The molecule has 9 heteroatoms. The van der Waals surface area contributed by atoms with E-state index in [4.69, 9.17) is 16.7 Å². The van der Waals surface area contributed by atoms with Crippen molar-refractivity contribution < 1.29 is 36.2 Å². The molecule has 18 heavy (non-hydrogen) atoms. The zero-order chi connectivity index (χ0) is 14.3. The van der Waals surface area contributed by atoms with Crippen LogP contribution in [-0.2, 0) is 12.4 Å². The summed E-state index contributed by atoms with van der Waals surface area (Å²) in [6, 6.07) is 0.0691. The summed E-state index contributed by atoms with van der Waals surface area (Å²) in [5, 5.41) is 7.29. The molecule has 0 saturated heterocycles. The van der Waals surface area contributed by atoms with Crippen LogP contribution in [0.2, 0.25) is 0 Å². The Balaban J connectivity index is 3.64. The molecule has 0 aliphatic heterocycles. The predicted molar refractivity (Wildman–Crippen MR) is 48.3 cm³/mol. The molecular formula is C9H3ClF6O2. The summed E-state index contributed by atoms with van der Waals surface area (Å²) in [4.78, 5) is 10.8. The SMILES string of the molecule is O=C(Cl)c1c(C(F)(F)F)ccc(C(F)(F)F)c1O. The first-order valence-electron chi connectivity index (χ1n) is 4.16. The monoisotopic (exact) mass is 292 g/mol. The molecule has 0 amide bonds. The van der Waals surface area contributed by atoms with E-state index in [2.05, 4.69) is 0 Å². The molecule has 0 unspecified atom stereocenters. The molecular weight excluding hydrogens is 290 g/mol. The van der Waals surface area contributed by atoms with E-state index in [1.807, 2.05) is 0 Å². The van der Waals surface area contributed by atoms with Crippen molar-refractivity contribution in [3.8, 4) is 5.75 Å². The Labute approximate surface area is 101 Å². The van der Waals surface area contributed by atoms with Gasteiger partial charge in [-0.1, -0.05) is 0 Å². The average molecular weight is 293 g/mol. The minimum atomic E-state index is -5.11. The summed E-state index contributed by atoms with van der Waals surface area (Å²) >= 11 is 4.78. The molecule has 1 aromatic carbocycles. The van der Waals surface area contributed by atoms with Crippen LogP contribution in [0.5, 0.6) is 5.75 Å². The minimum absolute atomic E-state index is 0.0293. The maximum absolute atomic E-state index is 12.4. The van der Waals surface area contributed by atoms with Crippen molar-refractivity contribution in [2.24, 2.45) is 0 Å². The lowest BCUT2D eigenvalue weighted by Crippen LogP contribution is -2.14. The molecule has 1 aromatic rings. The second-order valence-corrected chi connectivity index (χ2v) is 3.50. The van der Waals surface area contributed by atoms with Crippen LogP contribution in [-0.4, -0.2) is 10.3 Å². The third kappa shape index (κ3) is 2.69. The third-order valence-corrected chi connectivity index (χ3v) is 2.17. The quantitative estimate of drug-likeness (QED) is 0.631. The highest BCUT2D eigenvalue weighted by molar-refractivity contribution is 6.68. The number of rotatable bonds is 1. The Bertz CT molecular complexity index is 491. The Hall–Kier alpha value is -1.44. The van der Waals surface area contributed by atoms with E-state index in [0.29, 0.717) is 0 Å². The van der Waals surface area contributed by atoms with Gasteiger partial charge in [0.25, 0.3) is 5.24 Å². The Morgan fingerprint density at radius 1 is 1.00 bits per heavy atom. The van der Waals surface area contributed by atoms with E-state index in [9.17, 15) is 31.1 Å². The number of aromatic hydroxyl groups is 1. The van der Waals surface area contributed by atoms with Crippen molar-refractivity contribution in [1.29, 1.82) is 0 Å². The number of phenolic OH excluding ortho intramolecular Hbond substituents is 1. The minimum Gasteiger partial charge on any atom is -0.506 e. The van der Waals surface area contributed by atoms with Crippen molar-refractivity contribution in [2.75, 3.05) is 0 Å². The van der Waals surface area contributed by atoms with E-state index >= 15 is 0 Å². The number of hydrogen-bond donors (Lipinski definition) is 1. The smallest absolute Gasteiger partial charge is 0.419 e. The third-order valence-electron chi connectivity index (χ3n) is 1.99. The molecule has 0 fully saturated rings. The number of carbonyl (C=O) groups is 1. The Kier molecular flexibility index (Phi) is 3.53. The lowest BCUT2D eigenvalue weighted by atomic mass is 10.0. The van der Waals surface area contributed by atoms with Crippen LogP contribution in [0, 0.1) is 0 Å². The number of benzene rings is 1. The highest BCUT2D eigenvalue weighted by Gasteiger charge is 2.41. The largest absolute Gasteiger partial charge is 0.506 e. The normalized spacial score (nSPS) is 12.6. The van der Waals surface area contributed by atoms with Crippen LogP contribution < -0.4 is 0 Å². The molecule has 2 nitrogen and oxygen atoms in total. The van der Waals surface area contributed by atoms with Gasteiger partial charge in [0.15, 0.2) is 0 Å². The number of hydrogen-bond acceptors (Lipinski definition) is 2. The van der Waals surface area contributed by atoms with Gasteiger partial charge in [0.1, 0.15) is 5.75 Å². The lowest BCUT2D eigenvalue weighted by molar-refractivity contribution is -0.142. The predicted octanol–water partition coefficient (Wildman–Crippen LogP) is 3.81. The Morgan fingerprint density at radius 3 is 1.72 bits per heavy atom. The van der Waals surface area contributed by atoms with Gasteiger partial charge in [0.05, 0.1) is 16.7 Å². The van der Waals surface area contributed by atoms with Gasteiger partial charge in [0, 0.05) is 0 Å². The van der Waals surface area contributed by atoms with Gasteiger partial charge in [-0.25, -0.2) is 0 Å². The number of carbonyl (C=O) groups excluding carboxylic acids is 1. The van der Waals surface area contributed by atoms with Crippen LogP contribution >= 0.6 is 11.6 Å². The molecule has 0 saturated carbocycles. The van der Waals surface area contributed by atoms with Crippen molar-refractivity contribution in [2.45, 2.75) is 12.4 Å². The van der Waals surface area contributed by atoms with E-state index in [1.165, 1.54) is 0 Å². The maximum atomic E-state index is 12.4. The van der Waals surface area contributed by atoms with Crippen LogP contribution in [0.1, 0.15) is 21.5 Å². The van der Waals surface area contributed by atoms with Gasteiger partial charge in [-0.15, -0.1) is 0 Å². The second-order valence-electron chi connectivity index (χ2n) is 3.15. The molecule has 0 atom stereocenters. The maximum Gasteiger partial charge on any atom is 0.419 e. The molecule has 0 radical (unpaired) electrons. The zero-order valence-electron chi connectivity index (χ0n) is 8.16. The molecule has 0 aliphatic rings. The van der Waals surface area contributed by atoms with Gasteiger partial charge in [-0.05, 0) is 23.7 Å². The van der Waals surface area contributed by atoms with E-state index in [1.54, 1.807) is 0 Å². The fourth-order valence-electron chi connectivity index (χ4n) is 1.26. The summed E-state index contributed by atoms with van der Waals surface area (Å²) in [6.07, 6.45) is -10.2. The van der Waals surface area contributed by atoms with Crippen molar-refractivity contribution in [3.63, 3.8) is 0 Å². The molecule has 100 valence electrons. The summed E-state index contributed by atoms with van der Waals surface area (Å²) < 4.78 is 74.2. The summed E-state index contributed by atoms with van der Waals surface area (Å²) in [6.45, 7) is 0. The highest BCUT2D eigenvalue weighted by atomic mass is 35.5. The van der Waals surface area contributed by atoms with E-state index in [-0.39, 0.29) is 12.1 Å². The molecule has 0 bridgehead atoms. The average Bonchev–Trinajstić information content (AvgIpc) is 2.12. The fourth-order valence-corrected chi connectivity index (χ4v) is 1.45. The van der Waals surface area contributed by atoms with Gasteiger partial charge < -0.3 is 5.11 Å². The number of alkyl halides is 6. The molecule has 0 spiro atoms. The fraction of sp³-hybridized carbons (Fsp3) is 0.222. The van der Waals surface area contributed by atoms with Gasteiger partial charge in [-0.2, -0.15) is 26.3 Å². The Morgan fingerprint density at radius 2 is 1.39 bits per heavy atom. The van der Waals surface area contributed by atoms with Crippen molar-refractivity contribution in [1.82, 2.24) is 0 Å². The topological polar surface area (TPSA) is 37.3 Å². The summed E-state index contributed by atoms with van der Waals surface area (Å²) in [5.41, 5.74) is -5.11. The molecule has 0 aliphatic carbocycles. The van der Waals surface area contributed by atoms with Crippen LogP contribution in [0.15, 0.2) is 12.1 Å². The molecule has 0 aromatic heterocycles. The first-order chi connectivity index (χ1) is 7.96. The second kappa shape index (κ2) is 4.34. The molecule has 1 N–H and O–H groups in total. The van der Waals surface area contributed by atoms with Crippen LogP contribution in [0.3, 0.4) is 0 Å². The van der Waals surface area contributed by atoms with Crippen molar-refractivity contribution >= 4 is 16.8 Å². The molecule has 0 heterocycles. The van der Waals surface area contributed by atoms with Gasteiger partial charge >= 0.3 is 12.4 Å². The first-order valence-corrected chi connectivity index (χ1v) is 4.54. The van der Waals surface area contributed by atoms with Crippen LogP contribution in [0.25, 0.3) is 0 Å². The zero-order valence-corrected chi connectivity index (χ0v) is 8.91. The first kappa shape index (κ1) is 14.6. The lowest BCUT2D eigenvalue weighted by Gasteiger charge is -2.15. The standard InChI is InChI=1S/C9H3ClF6O2/c10-7(18)5-3(8(11,12)13)1-2-4(6(5)17)9(14,15)16/h1-2,17H. The number of halogens is 7. The van der Waals surface area contributed by atoms with Gasteiger partial charge in [0.2, 0.25) is 0 Å². The van der Waals surface area contributed by atoms with E-state index in [0.717, 1.165) is 0 Å². The highest BCUT2D eigenvalue weighted by Crippen LogP contribution is 2.43. The summed E-state index contributed by atoms with van der Waals surface area (Å²) in [5.74, 6) is -1.84. The van der Waals surface area contributed by atoms with Gasteiger partial charge in [-0.3, -0.25) is 4.79 Å². The van der Waals surface area contributed by atoms with Crippen molar-refractivity contribution in [3.05, 3.63) is 28.8 Å².